The molecule has 0 radical (unpaired) electrons. The smallest absolute Gasteiger partial charge is 0.162 e. The topological polar surface area (TPSA) is 79.5 Å². The lowest BCUT2D eigenvalue weighted by Crippen LogP contribution is -1.97. The number of hydrogen-bond acceptors (Lipinski definition) is 7. The molecule has 4 rings (SSSR count). The van der Waals surface area contributed by atoms with Gasteiger partial charge in [0.05, 0.1) is 39.0 Å². The number of aromatic nitrogens is 3. The average molecular weight is 377 g/mol. The molecule has 0 aliphatic carbocycles. The van der Waals surface area contributed by atoms with Gasteiger partial charge < -0.3 is 18.7 Å². The average Bonchev–Trinajstić information content (AvgIpc) is 3.21. The van der Waals surface area contributed by atoms with Gasteiger partial charge in [-0.2, -0.15) is 0 Å². The van der Waals surface area contributed by atoms with Crippen molar-refractivity contribution in [1.82, 2.24) is 15.1 Å². The quantitative estimate of drug-likeness (QED) is 0.504. The van der Waals surface area contributed by atoms with Crippen molar-refractivity contribution in [2.24, 2.45) is 0 Å². The van der Waals surface area contributed by atoms with Crippen molar-refractivity contribution in [3.63, 3.8) is 0 Å². The Labute approximate surface area is 161 Å². The highest BCUT2D eigenvalue weighted by atomic mass is 16.5. The zero-order valence-corrected chi connectivity index (χ0v) is 15.8. The van der Waals surface area contributed by atoms with E-state index in [9.17, 15) is 0 Å². The largest absolute Gasteiger partial charge is 0.497 e. The Kier molecular flexibility index (Phi) is 4.80. The van der Waals surface area contributed by atoms with Crippen molar-refractivity contribution in [3.05, 3.63) is 60.2 Å². The number of hydrogen-bond donors (Lipinski definition) is 0. The zero-order chi connectivity index (χ0) is 19.5. The number of rotatable bonds is 6. The van der Waals surface area contributed by atoms with E-state index in [-0.39, 0.29) is 0 Å². The van der Waals surface area contributed by atoms with Crippen molar-refractivity contribution in [2.45, 2.75) is 6.42 Å². The van der Waals surface area contributed by atoms with Gasteiger partial charge in [-0.25, -0.2) is 9.97 Å². The summed E-state index contributed by atoms with van der Waals surface area (Å²) in [6, 6.07) is 13.3. The summed E-state index contributed by atoms with van der Waals surface area (Å²) >= 11 is 0. The molecule has 0 spiro atoms. The molecule has 7 heteroatoms. The summed E-state index contributed by atoms with van der Waals surface area (Å²) in [5.74, 6) is 2.76. The van der Waals surface area contributed by atoms with Crippen molar-refractivity contribution >= 4 is 10.9 Å². The Balaban J connectivity index is 1.65. The maximum atomic E-state index is 5.53. The van der Waals surface area contributed by atoms with E-state index in [4.69, 9.17) is 18.7 Å². The Hall–Kier alpha value is -3.61. The third-order valence-corrected chi connectivity index (χ3v) is 4.51. The lowest BCUT2D eigenvalue weighted by atomic mass is 10.1. The van der Waals surface area contributed by atoms with Crippen LogP contribution in [0.5, 0.6) is 17.2 Å². The van der Waals surface area contributed by atoms with Gasteiger partial charge in [0.2, 0.25) is 0 Å². The van der Waals surface area contributed by atoms with E-state index >= 15 is 0 Å². The van der Waals surface area contributed by atoms with E-state index in [0.717, 1.165) is 33.6 Å². The maximum absolute atomic E-state index is 5.53. The van der Waals surface area contributed by atoms with Crippen molar-refractivity contribution in [3.8, 4) is 28.5 Å². The van der Waals surface area contributed by atoms with Gasteiger partial charge >= 0.3 is 0 Å². The van der Waals surface area contributed by atoms with Crippen LogP contribution in [0.3, 0.4) is 0 Å². The first-order valence-electron chi connectivity index (χ1n) is 8.67. The van der Waals surface area contributed by atoms with Gasteiger partial charge in [0, 0.05) is 23.1 Å². The Morgan fingerprint density at radius 3 is 2.32 bits per heavy atom. The van der Waals surface area contributed by atoms with Crippen LogP contribution < -0.4 is 14.2 Å². The van der Waals surface area contributed by atoms with E-state index < -0.39 is 0 Å². The molecule has 0 aliphatic heterocycles. The highest BCUT2D eigenvalue weighted by Gasteiger charge is 2.14. The van der Waals surface area contributed by atoms with Gasteiger partial charge in [-0.1, -0.05) is 5.16 Å². The fourth-order valence-electron chi connectivity index (χ4n) is 3.04. The summed E-state index contributed by atoms with van der Waals surface area (Å²) in [4.78, 5) is 8.76. The summed E-state index contributed by atoms with van der Waals surface area (Å²) in [5.41, 5.74) is 3.31. The molecule has 2 aromatic carbocycles. The van der Waals surface area contributed by atoms with Gasteiger partial charge in [-0.05, 0) is 30.3 Å². The Morgan fingerprint density at radius 2 is 1.61 bits per heavy atom. The molecule has 2 heterocycles. The van der Waals surface area contributed by atoms with Crippen molar-refractivity contribution in [1.29, 1.82) is 0 Å². The van der Waals surface area contributed by atoms with E-state index in [1.807, 2.05) is 42.5 Å². The number of nitrogens with zero attached hydrogens (tertiary/aromatic N) is 3. The molecular formula is C21H19N3O4. The third-order valence-electron chi connectivity index (χ3n) is 4.51. The van der Waals surface area contributed by atoms with Crippen LogP contribution in [-0.4, -0.2) is 36.5 Å². The second-order valence-corrected chi connectivity index (χ2v) is 6.13. The number of benzene rings is 2. The number of fused-ring (bicyclic) bond motifs is 1. The van der Waals surface area contributed by atoms with Crippen LogP contribution in [0.2, 0.25) is 0 Å². The first kappa shape index (κ1) is 17.8. The third kappa shape index (κ3) is 3.34. The molecule has 0 atom stereocenters. The fraction of sp³-hybridized carbons (Fsp3) is 0.190. The summed E-state index contributed by atoms with van der Waals surface area (Å²) < 4.78 is 21.5. The van der Waals surface area contributed by atoms with Gasteiger partial charge in [0.25, 0.3) is 0 Å². The highest BCUT2D eigenvalue weighted by Crippen LogP contribution is 2.33. The summed E-state index contributed by atoms with van der Waals surface area (Å²) in [7, 11) is 4.84. The fourth-order valence-corrected chi connectivity index (χ4v) is 3.04. The minimum absolute atomic E-state index is 0.484. The van der Waals surface area contributed by atoms with Crippen LogP contribution in [-0.2, 0) is 6.42 Å². The minimum atomic E-state index is 0.484. The first-order valence-corrected chi connectivity index (χ1v) is 8.67. The molecule has 0 saturated carbocycles. The lowest BCUT2D eigenvalue weighted by Gasteiger charge is -2.10. The zero-order valence-electron chi connectivity index (χ0n) is 15.8. The predicted molar refractivity (Wildman–Crippen MR) is 104 cm³/mol. The summed E-state index contributed by atoms with van der Waals surface area (Å²) in [6.45, 7) is 0. The minimum Gasteiger partial charge on any atom is -0.497 e. The number of ether oxygens (including phenoxy) is 3. The monoisotopic (exact) mass is 377 g/mol. The molecular weight excluding hydrogens is 358 g/mol. The maximum Gasteiger partial charge on any atom is 0.162 e. The summed E-state index contributed by atoms with van der Waals surface area (Å²) in [5, 5.41) is 5.05. The van der Waals surface area contributed by atoms with Crippen LogP contribution in [0.1, 0.15) is 11.5 Å². The van der Waals surface area contributed by atoms with E-state index in [2.05, 4.69) is 15.1 Å². The molecule has 0 aliphatic rings. The molecule has 2 aromatic heterocycles. The molecule has 0 fully saturated rings. The van der Waals surface area contributed by atoms with E-state index in [1.54, 1.807) is 21.3 Å². The molecule has 0 N–H and O–H groups in total. The molecule has 0 amide bonds. The Morgan fingerprint density at radius 1 is 0.857 bits per heavy atom. The molecule has 4 aromatic rings. The normalized spacial score (nSPS) is 10.8. The van der Waals surface area contributed by atoms with Crippen LogP contribution in [0.15, 0.2) is 53.3 Å². The molecule has 0 saturated heterocycles. The second kappa shape index (κ2) is 7.56. The predicted octanol–water partition coefficient (Wildman–Crippen LogP) is 3.90. The lowest BCUT2D eigenvalue weighted by molar-refractivity contribution is 0.355. The second-order valence-electron chi connectivity index (χ2n) is 6.13. The van der Waals surface area contributed by atoms with Gasteiger partial charge in [0.1, 0.15) is 23.5 Å². The highest BCUT2D eigenvalue weighted by molar-refractivity contribution is 5.84. The van der Waals surface area contributed by atoms with Crippen LogP contribution in [0, 0.1) is 0 Å². The van der Waals surface area contributed by atoms with Gasteiger partial charge in [0.15, 0.2) is 11.5 Å². The molecule has 0 bridgehead atoms. The standard InChI is InChI=1S/C21H19N3O4/c1-25-14-6-4-13(5-7-14)17-8-15(28-24-17)9-18-16-10-20(26-2)21(27-3)11-19(16)23-12-22-18/h4-8,10-12H,9H2,1-3H3. The summed E-state index contributed by atoms with van der Waals surface area (Å²) in [6.07, 6.45) is 2.02. The molecule has 0 unspecified atom stereocenters. The molecule has 28 heavy (non-hydrogen) atoms. The van der Waals surface area contributed by atoms with Gasteiger partial charge in [-0.3, -0.25) is 0 Å². The molecule has 142 valence electrons. The van der Waals surface area contributed by atoms with E-state index in [0.29, 0.717) is 23.7 Å². The van der Waals surface area contributed by atoms with Crippen molar-refractivity contribution < 1.29 is 18.7 Å². The SMILES string of the molecule is COc1ccc(-c2cc(Cc3ncnc4cc(OC)c(OC)cc34)on2)cc1. The van der Waals surface area contributed by atoms with Crippen LogP contribution in [0.4, 0.5) is 0 Å². The van der Waals surface area contributed by atoms with E-state index in [1.165, 1.54) is 6.33 Å². The van der Waals surface area contributed by atoms with Crippen molar-refractivity contribution in [2.75, 3.05) is 21.3 Å². The molecule has 7 nitrogen and oxygen atoms in total. The first-order chi connectivity index (χ1) is 13.7. The van der Waals surface area contributed by atoms with Crippen LogP contribution in [0.25, 0.3) is 22.2 Å². The Bertz CT molecular complexity index is 1110. The van der Waals surface area contributed by atoms with Crippen LogP contribution >= 0.6 is 0 Å². The number of methoxy groups -OCH3 is 3. The van der Waals surface area contributed by atoms with Gasteiger partial charge in [-0.15, -0.1) is 0 Å².